The summed E-state index contributed by atoms with van der Waals surface area (Å²) < 4.78 is 4.64. The maximum atomic E-state index is 3.86. The average molecular weight is 557 g/mol. The van der Waals surface area contributed by atoms with Gasteiger partial charge in [0, 0.05) is 25.4 Å². The fraction of sp³-hybridized carbons (Fsp3) is 0.133. The molecule has 1 aromatic heterocycles. The van der Waals surface area contributed by atoms with E-state index in [9.17, 15) is 0 Å². The monoisotopic (exact) mass is 555 g/mol. The van der Waals surface area contributed by atoms with E-state index in [1.165, 1.54) is 54.6 Å². The zero-order valence-electron chi connectivity index (χ0n) is 18.8. The van der Waals surface area contributed by atoms with E-state index in [4.69, 9.17) is 0 Å². The largest absolute Gasteiger partial charge is 0.309 e. The van der Waals surface area contributed by atoms with Crippen LogP contribution in [0.15, 0.2) is 93.9 Å². The lowest BCUT2D eigenvalue weighted by Crippen LogP contribution is -2.10. The summed E-state index contributed by atoms with van der Waals surface area (Å²) in [5.74, 6) is 0. The summed E-state index contributed by atoms with van der Waals surface area (Å²) in [5, 5.41) is 7.60. The Morgan fingerprint density at radius 1 is 0.576 bits per heavy atom. The summed E-state index contributed by atoms with van der Waals surface area (Å²) in [5.41, 5.74) is 5.06. The maximum absolute atomic E-state index is 3.86. The van der Waals surface area contributed by atoms with Gasteiger partial charge in [0.1, 0.15) is 0 Å². The fourth-order valence-electron chi connectivity index (χ4n) is 5.03. The number of nitrogens with zero attached hydrogens (tertiary/aromatic N) is 1. The lowest BCUT2D eigenvalue weighted by atomic mass is 9.87. The fourth-order valence-corrected chi connectivity index (χ4v) is 6.16. The molecule has 0 aliphatic rings. The first-order valence-electron chi connectivity index (χ1n) is 11.2. The summed E-state index contributed by atoms with van der Waals surface area (Å²) >= 11 is 7.72. The summed E-state index contributed by atoms with van der Waals surface area (Å²) in [6.45, 7) is 6.78. The Labute approximate surface area is 210 Å². The van der Waals surface area contributed by atoms with E-state index in [2.05, 4.69) is 142 Å². The second-order valence-corrected chi connectivity index (χ2v) is 11.4. The van der Waals surface area contributed by atoms with Crippen LogP contribution in [-0.4, -0.2) is 4.57 Å². The van der Waals surface area contributed by atoms with Crippen LogP contribution in [0.3, 0.4) is 0 Å². The highest BCUT2D eigenvalue weighted by Gasteiger charge is 2.20. The average Bonchev–Trinajstić information content (AvgIpc) is 3.13. The van der Waals surface area contributed by atoms with Crippen LogP contribution >= 0.6 is 31.9 Å². The smallest absolute Gasteiger partial charge is 0.0559 e. The van der Waals surface area contributed by atoms with E-state index < -0.39 is 0 Å². The van der Waals surface area contributed by atoms with Gasteiger partial charge >= 0.3 is 0 Å². The molecule has 0 aliphatic heterocycles. The Bertz CT molecular complexity index is 1600. The van der Waals surface area contributed by atoms with E-state index in [0.29, 0.717) is 0 Å². The van der Waals surface area contributed by atoms with Crippen molar-refractivity contribution >= 4 is 75.2 Å². The summed E-state index contributed by atoms with van der Waals surface area (Å²) in [6, 6.07) is 31.0. The van der Waals surface area contributed by atoms with Crippen LogP contribution in [0.4, 0.5) is 0 Å². The minimum Gasteiger partial charge on any atom is -0.309 e. The third-order valence-electron chi connectivity index (χ3n) is 6.67. The van der Waals surface area contributed by atoms with Gasteiger partial charge in [-0.2, -0.15) is 0 Å². The standard InChI is InChI=1S/C30H23Br2N/c1-30(2,3)18-12-14-19(15-13-18)33-26-16-24(31)20-8-4-6-10-22(20)28(26)29-23-11-7-5-9-21(23)25(32)17-27(29)33/h4-17H,1-3H3. The highest BCUT2D eigenvalue weighted by molar-refractivity contribution is 9.11. The van der Waals surface area contributed by atoms with Crippen molar-refractivity contribution in [2.75, 3.05) is 0 Å². The molecule has 0 aliphatic carbocycles. The molecular formula is C30H23Br2N. The van der Waals surface area contributed by atoms with Gasteiger partial charge in [0.15, 0.2) is 0 Å². The molecule has 6 aromatic rings. The predicted octanol–water partition coefficient (Wildman–Crippen LogP) is 9.91. The van der Waals surface area contributed by atoms with Gasteiger partial charge in [0.25, 0.3) is 0 Å². The molecule has 0 saturated heterocycles. The van der Waals surface area contributed by atoms with Crippen molar-refractivity contribution in [3.63, 3.8) is 0 Å². The molecular weight excluding hydrogens is 534 g/mol. The molecule has 1 nitrogen and oxygen atoms in total. The highest BCUT2D eigenvalue weighted by Crippen LogP contribution is 2.44. The molecule has 0 spiro atoms. The van der Waals surface area contributed by atoms with Crippen LogP contribution in [0.2, 0.25) is 0 Å². The molecule has 162 valence electrons. The van der Waals surface area contributed by atoms with Crippen LogP contribution in [0.1, 0.15) is 26.3 Å². The molecule has 0 N–H and O–H groups in total. The van der Waals surface area contributed by atoms with E-state index in [0.717, 1.165) is 8.95 Å². The van der Waals surface area contributed by atoms with Crippen molar-refractivity contribution in [2.45, 2.75) is 26.2 Å². The van der Waals surface area contributed by atoms with Crippen LogP contribution in [0.5, 0.6) is 0 Å². The summed E-state index contributed by atoms with van der Waals surface area (Å²) in [4.78, 5) is 0. The van der Waals surface area contributed by atoms with Crippen LogP contribution in [-0.2, 0) is 5.41 Å². The Morgan fingerprint density at radius 2 is 1.00 bits per heavy atom. The molecule has 1 heterocycles. The van der Waals surface area contributed by atoms with Gasteiger partial charge in [-0.1, -0.05) is 113 Å². The molecule has 0 radical (unpaired) electrons. The third kappa shape index (κ3) is 3.17. The maximum Gasteiger partial charge on any atom is 0.0559 e. The molecule has 6 rings (SSSR count). The Kier molecular flexibility index (Phi) is 4.73. The molecule has 5 aromatic carbocycles. The third-order valence-corrected chi connectivity index (χ3v) is 7.98. The predicted molar refractivity (Wildman–Crippen MR) is 150 cm³/mol. The van der Waals surface area contributed by atoms with Gasteiger partial charge in [-0.3, -0.25) is 0 Å². The van der Waals surface area contributed by atoms with E-state index in [1.807, 2.05) is 0 Å². The minimum atomic E-state index is 0.123. The number of rotatable bonds is 1. The van der Waals surface area contributed by atoms with Crippen molar-refractivity contribution in [3.05, 3.63) is 99.4 Å². The quantitative estimate of drug-likeness (QED) is 0.190. The van der Waals surface area contributed by atoms with Crippen molar-refractivity contribution in [2.24, 2.45) is 0 Å². The van der Waals surface area contributed by atoms with Gasteiger partial charge in [-0.15, -0.1) is 0 Å². The van der Waals surface area contributed by atoms with Gasteiger partial charge < -0.3 is 4.57 Å². The van der Waals surface area contributed by atoms with Crippen molar-refractivity contribution < 1.29 is 0 Å². The van der Waals surface area contributed by atoms with Gasteiger partial charge in [0.2, 0.25) is 0 Å². The second-order valence-electron chi connectivity index (χ2n) is 9.73. The van der Waals surface area contributed by atoms with Crippen LogP contribution < -0.4 is 0 Å². The lowest BCUT2D eigenvalue weighted by molar-refractivity contribution is 0.590. The number of hydrogen-bond acceptors (Lipinski definition) is 0. The Balaban J connectivity index is 1.85. The Morgan fingerprint density at radius 3 is 1.42 bits per heavy atom. The molecule has 3 heteroatoms. The number of halogens is 2. The molecule has 0 atom stereocenters. The highest BCUT2D eigenvalue weighted by atomic mass is 79.9. The lowest BCUT2D eigenvalue weighted by Gasteiger charge is -2.19. The van der Waals surface area contributed by atoms with Crippen molar-refractivity contribution in [1.82, 2.24) is 4.57 Å². The second kappa shape index (κ2) is 7.44. The molecule has 33 heavy (non-hydrogen) atoms. The number of hydrogen-bond donors (Lipinski definition) is 0. The molecule has 0 fully saturated rings. The number of fused-ring (bicyclic) bond motifs is 7. The molecule has 0 amide bonds. The topological polar surface area (TPSA) is 4.93 Å². The number of benzene rings is 5. The van der Waals surface area contributed by atoms with Gasteiger partial charge in [0.05, 0.1) is 11.0 Å². The molecule has 0 bridgehead atoms. The Hall–Kier alpha value is -2.62. The van der Waals surface area contributed by atoms with Crippen LogP contribution in [0.25, 0.3) is 49.0 Å². The van der Waals surface area contributed by atoms with E-state index >= 15 is 0 Å². The molecule has 0 unspecified atom stereocenters. The number of aromatic nitrogens is 1. The first-order chi connectivity index (χ1) is 15.8. The minimum absolute atomic E-state index is 0.123. The van der Waals surface area contributed by atoms with Crippen LogP contribution in [0, 0.1) is 0 Å². The van der Waals surface area contributed by atoms with E-state index in [1.54, 1.807) is 0 Å². The van der Waals surface area contributed by atoms with E-state index in [-0.39, 0.29) is 5.41 Å². The summed E-state index contributed by atoms with van der Waals surface area (Å²) in [7, 11) is 0. The normalized spacial score (nSPS) is 12.4. The summed E-state index contributed by atoms with van der Waals surface area (Å²) in [6.07, 6.45) is 0. The van der Waals surface area contributed by atoms with Gasteiger partial charge in [-0.05, 0) is 56.8 Å². The van der Waals surface area contributed by atoms with Crippen molar-refractivity contribution in [3.8, 4) is 5.69 Å². The van der Waals surface area contributed by atoms with Gasteiger partial charge in [-0.25, -0.2) is 0 Å². The van der Waals surface area contributed by atoms with Crippen molar-refractivity contribution in [1.29, 1.82) is 0 Å². The first kappa shape index (κ1) is 20.9. The zero-order valence-corrected chi connectivity index (χ0v) is 22.0. The SMILES string of the molecule is CC(C)(C)c1ccc(-n2c3cc(Br)c4ccccc4c3c3c4ccccc4c(Br)cc32)cc1. The first-order valence-corrected chi connectivity index (χ1v) is 12.8. The molecule has 0 saturated carbocycles. The zero-order chi connectivity index (χ0) is 22.9.